The molecule has 0 heteroatoms. The molecule has 0 amide bonds. The van der Waals surface area contributed by atoms with Crippen LogP contribution in [-0.4, -0.2) is 0 Å². The summed E-state index contributed by atoms with van der Waals surface area (Å²) < 4.78 is 0. The van der Waals surface area contributed by atoms with Crippen molar-refractivity contribution in [3.63, 3.8) is 0 Å². The van der Waals surface area contributed by atoms with Crippen LogP contribution in [0.3, 0.4) is 0 Å². The third-order valence-corrected chi connectivity index (χ3v) is 8.44. The van der Waals surface area contributed by atoms with E-state index in [1.54, 1.807) is 24.6 Å². The predicted molar refractivity (Wildman–Crippen MR) is 199 cm³/mol. The minimum atomic E-state index is 0.898. The van der Waals surface area contributed by atoms with Crippen molar-refractivity contribution in [3.05, 3.63) is 98.7 Å². The van der Waals surface area contributed by atoms with E-state index in [-0.39, 0.29) is 0 Å². The van der Waals surface area contributed by atoms with E-state index in [1.807, 2.05) is 76.2 Å². The molecule has 42 heavy (non-hydrogen) atoms. The summed E-state index contributed by atoms with van der Waals surface area (Å²) in [6, 6.07) is 0. The molecule has 242 valence electrons. The summed E-state index contributed by atoms with van der Waals surface area (Å²) in [5, 5.41) is 0. The highest BCUT2D eigenvalue weighted by atomic mass is 14.6. The van der Waals surface area contributed by atoms with Crippen LogP contribution in [0.2, 0.25) is 0 Å². The van der Waals surface area contributed by atoms with Gasteiger partial charge in [0, 0.05) is 0 Å². The zero-order valence-electron chi connectivity index (χ0n) is 30.2. The summed E-state index contributed by atoms with van der Waals surface area (Å²) in [6.07, 6.45) is 33.9. The first kappa shape index (κ1) is 44.4. The molecule has 0 nitrogen and oxygen atoms in total. The minimum absolute atomic E-state index is 0.898. The molecule has 8 atom stereocenters. The van der Waals surface area contributed by atoms with Gasteiger partial charge in [-0.15, -0.1) is 0 Å². The molecule has 0 aromatic heterocycles. The summed E-state index contributed by atoms with van der Waals surface area (Å²) >= 11 is 0. The molecule has 2 bridgehead atoms. The summed E-state index contributed by atoms with van der Waals surface area (Å²) in [4.78, 5) is 0. The van der Waals surface area contributed by atoms with Gasteiger partial charge in [-0.2, -0.15) is 0 Å². The zero-order chi connectivity index (χ0) is 32.9. The molecule has 0 N–H and O–H groups in total. The lowest BCUT2D eigenvalue weighted by Gasteiger charge is -2.39. The fourth-order valence-electron chi connectivity index (χ4n) is 6.88. The Labute approximate surface area is 266 Å². The van der Waals surface area contributed by atoms with E-state index in [2.05, 4.69) is 74.9 Å². The molecule has 2 saturated carbocycles. The second-order valence-electron chi connectivity index (χ2n) is 10.3. The van der Waals surface area contributed by atoms with E-state index in [4.69, 9.17) is 0 Å². The van der Waals surface area contributed by atoms with E-state index in [1.165, 1.54) is 38.5 Å². The van der Waals surface area contributed by atoms with Gasteiger partial charge in [-0.1, -0.05) is 168 Å². The van der Waals surface area contributed by atoms with Crippen molar-refractivity contribution < 1.29 is 0 Å². The quantitative estimate of drug-likeness (QED) is 0.226. The van der Waals surface area contributed by atoms with Crippen molar-refractivity contribution in [2.75, 3.05) is 0 Å². The molecule has 6 rings (SSSR count). The van der Waals surface area contributed by atoms with Crippen LogP contribution >= 0.6 is 0 Å². The van der Waals surface area contributed by atoms with E-state index in [0.717, 1.165) is 52.9 Å². The monoisotopic (exact) mass is 579 g/mol. The lowest BCUT2D eigenvalue weighted by molar-refractivity contribution is 0.128. The van der Waals surface area contributed by atoms with Crippen LogP contribution in [0.1, 0.15) is 121 Å². The highest BCUT2D eigenvalue weighted by Gasteiger charge is 2.56. The number of fused-ring (bicyclic) bond motifs is 9. The largest absolute Gasteiger partial charge is 0.0991 e. The molecule has 6 aliphatic rings. The maximum Gasteiger partial charge on any atom is -0.0165 e. The molecule has 0 saturated heterocycles. The highest BCUT2D eigenvalue weighted by Crippen LogP contribution is 2.63. The average Bonchev–Trinajstić information content (AvgIpc) is 3.89. The van der Waals surface area contributed by atoms with Gasteiger partial charge in [-0.3, -0.25) is 0 Å². The molecular weight excluding hydrogens is 504 g/mol. The van der Waals surface area contributed by atoms with Crippen molar-refractivity contribution in [2.24, 2.45) is 47.3 Å². The Kier molecular flexibility index (Phi) is 32.1. The fraction of sp³-hybridized carbons (Fsp3) is 0.619. The first-order valence-corrected chi connectivity index (χ1v) is 17.7. The van der Waals surface area contributed by atoms with Crippen molar-refractivity contribution in [3.8, 4) is 0 Å². The van der Waals surface area contributed by atoms with Crippen LogP contribution < -0.4 is 0 Å². The van der Waals surface area contributed by atoms with Gasteiger partial charge in [-0.05, 0) is 99.2 Å². The second kappa shape index (κ2) is 30.4. The Morgan fingerprint density at radius 2 is 0.929 bits per heavy atom. The molecule has 0 heterocycles. The van der Waals surface area contributed by atoms with Gasteiger partial charge in [0.1, 0.15) is 0 Å². The van der Waals surface area contributed by atoms with E-state index < -0.39 is 0 Å². The van der Waals surface area contributed by atoms with Gasteiger partial charge in [0.2, 0.25) is 0 Å². The first-order valence-electron chi connectivity index (χ1n) is 17.7. The molecule has 0 aliphatic heterocycles. The SMILES string of the molecule is C1=CC2C3CC(C2C1)C1CC=CCC31.C1=CCC2CC=CC2C1.C=CC(=C)C.C=CC=C.CC.CC.CC.CC.CC. The van der Waals surface area contributed by atoms with Crippen molar-refractivity contribution >= 4 is 0 Å². The lowest BCUT2D eigenvalue weighted by Crippen LogP contribution is -2.33. The second-order valence-corrected chi connectivity index (χ2v) is 10.3. The molecule has 0 spiro atoms. The minimum Gasteiger partial charge on any atom is -0.0991 e. The van der Waals surface area contributed by atoms with Crippen molar-refractivity contribution in [2.45, 2.75) is 121 Å². The van der Waals surface area contributed by atoms with Gasteiger partial charge in [0.05, 0.1) is 0 Å². The first-order chi connectivity index (χ1) is 20.6. The van der Waals surface area contributed by atoms with Gasteiger partial charge < -0.3 is 0 Å². The molecule has 0 aromatic rings. The normalized spacial score (nSPS) is 29.6. The number of hydrogen-bond donors (Lipinski definition) is 0. The van der Waals surface area contributed by atoms with Gasteiger partial charge in [0.25, 0.3) is 0 Å². The Bertz CT molecular complexity index is 766. The van der Waals surface area contributed by atoms with Crippen LogP contribution in [0.5, 0.6) is 0 Å². The Hall–Kier alpha value is -2.08. The maximum atomic E-state index is 3.56. The number of hydrogen-bond acceptors (Lipinski definition) is 0. The molecular formula is C42H74. The average molecular weight is 579 g/mol. The lowest BCUT2D eigenvalue weighted by atomic mass is 9.66. The summed E-state index contributed by atoms with van der Waals surface area (Å²) in [7, 11) is 0. The van der Waals surface area contributed by atoms with Crippen LogP contribution in [0.15, 0.2) is 98.7 Å². The van der Waals surface area contributed by atoms with Crippen LogP contribution in [0.25, 0.3) is 0 Å². The highest BCUT2D eigenvalue weighted by molar-refractivity contribution is 5.18. The molecule has 0 aromatic carbocycles. The van der Waals surface area contributed by atoms with E-state index in [0.29, 0.717) is 0 Å². The van der Waals surface area contributed by atoms with Gasteiger partial charge in [-0.25, -0.2) is 0 Å². The smallest absolute Gasteiger partial charge is 0.0165 e. The summed E-state index contributed by atoms with van der Waals surface area (Å²) in [5.41, 5.74) is 1.02. The standard InChI is InChI=1S/C14H18.C9H12.C5H8.C4H6.5C2H6/c1-2-5-10-9(4-1)13-8-14(10)12-7-3-6-11(12)13;1-2-5-9-7-3-6-8(9)4-1;1-4-5(2)3;1-3-4-2;5*1-2/h1-3,6,9-14H,4-5,7-8H2;1-3,6,8-9H,4-5,7H2;4H,1-2H2,3H3;3-4H,1-2H2;5*1-2H3. The van der Waals surface area contributed by atoms with Crippen LogP contribution in [0, 0.1) is 47.3 Å². The summed E-state index contributed by atoms with van der Waals surface area (Å²) in [6.45, 7) is 35.6. The molecule has 0 radical (unpaired) electrons. The number of allylic oxidation sites excluding steroid dienone is 12. The molecule has 2 fully saturated rings. The van der Waals surface area contributed by atoms with Gasteiger partial charge in [0.15, 0.2) is 0 Å². The van der Waals surface area contributed by atoms with Gasteiger partial charge >= 0.3 is 0 Å². The topological polar surface area (TPSA) is 0 Å². The Morgan fingerprint density at radius 3 is 1.40 bits per heavy atom. The molecule has 8 unspecified atom stereocenters. The van der Waals surface area contributed by atoms with Crippen LogP contribution in [-0.2, 0) is 0 Å². The Balaban J connectivity index is -0.000000477. The van der Waals surface area contributed by atoms with Crippen LogP contribution in [0.4, 0.5) is 0 Å². The van der Waals surface area contributed by atoms with E-state index in [9.17, 15) is 0 Å². The van der Waals surface area contributed by atoms with E-state index >= 15 is 0 Å². The zero-order valence-corrected chi connectivity index (χ0v) is 30.2. The maximum absolute atomic E-state index is 3.56. The Morgan fingerprint density at radius 1 is 0.524 bits per heavy atom. The third kappa shape index (κ3) is 14.9. The van der Waals surface area contributed by atoms with Crippen molar-refractivity contribution in [1.82, 2.24) is 0 Å². The fourth-order valence-corrected chi connectivity index (χ4v) is 6.88. The predicted octanol–water partition coefficient (Wildman–Crippen LogP) is 14.2. The van der Waals surface area contributed by atoms with Crippen molar-refractivity contribution in [1.29, 1.82) is 0 Å². The number of rotatable bonds is 2. The summed E-state index contributed by atoms with van der Waals surface area (Å²) in [5.74, 6) is 8.22. The molecule has 6 aliphatic carbocycles. The third-order valence-electron chi connectivity index (χ3n) is 8.44.